The molecule has 2 aromatic rings. The highest BCUT2D eigenvalue weighted by atomic mass is 16.5. The van der Waals surface area contributed by atoms with Crippen molar-refractivity contribution in [2.75, 3.05) is 32.0 Å². The van der Waals surface area contributed by atoms with E-state index in [-0.39, 0.29) is 12.1 Å². The van der Waals surface area contributed by atoms with Crippen LogP contribution in [-0.4, -0.2) is 58.2 Å². The summed E-state index contributed by atoms with van der Waals surface area (Å²) in [7, 11) is 4.07. The molecule has 1 N–H and O–H groups in total. The SMILES string of the molecule is CN1CCN(C(=O)Nc2ccc(OC3CCCC3)cc2)CC1c1nccn1C. The Morgan fingerprint density at radius 3 is 2.57 bits per heavy atom. The van der Waals surface area contributed by atoms with Crippen LogP contribution in [0.1, 0.15) is 37.5 Å². The van der Waals surface area contributed by atoms with Gasteiger partial charge in [-0.3, -0.25) is 4.90 Å². The Balaban J connectivity index is 1.35. The van der Waals surface area contributed by atoms with Crippen molar-refractivity contribution in [2.45, 2.75) is 37.8 Å². The molecule has 7 heteroatoms. The molecule has 2 heterocycles. The van der Waals surface area contributed by atoms with E-state index in [1.165, 1.54) is 12.8 Å². The number of amides is 2. The largest absolute Gasteiger partial charge is 0.490 e. The number of imidazole rings is 1. The van der Waals surface area contributed by atoms with Gasteiger partial charge in [-0.1, -0.05) is 0 Å². The number of urea groups is 1. The number of hydrogen-bond donors (Lipinski definition) is 1. The summed E-state index contributed by atoms with van der Waals surface area (Å²) in [6, 6.07) is 7.73. The number of ether oxygens (including phenoxy) is 1. The lowest BCUT2D eigenvalue weighted by molar-refractivity contribution is 0.110. The fourth-order valence-corrected chi connectivity index (χ4v) is 4.05. The molecule has 0 bridgehead atoms. The van der Waals surface area contributed by atoms with E-state index in [1.54, 1.807) is 6.20 Å². The van der Waals surface area contributed by atoms with Crippen LogP contribution < -0.4 is 10.1 Å². The molecular formula is C21H29N5O2. The topological polar surface area (TPSA) is 62.6 Å². The quantitative estimate of drug-likeness (QED) is 0.880. The molecule has 2 fully saturated rings. The summed E-state index contributed by atoms with van der Waals surface area (Å²) < 4.78 is 8.01. The van der Waals surface area contributed by atoms with Crippen molar-refractivity contribution >= 4 is 11.7 Å². The lowest BCUT2D eigenvalue weighted by Gasteiger charge is -2.38. The predicted octanol–water partition coefficient (Wildman–Crippen LogP) is 3.26. The van der Waals surface area contributed by atoms with E-state index in [0.717, 1.165) is 36.6 Å². The van der Waals surface area contributed by atoms with Crippen molar-refractivity contribution in [3.05, 3.63) is 42.5 Å². The monoisotopic (exact) mass is 383 g/mol. The molecule has 1 saturated heterocycles. The number of nitrogens with zero attached hydrogens (tertiary/aromatic N) is 4. The molecule has 1 unspecified atom stereocenters. The highest BCUT2D eigenvalue weighted by molar-refractivity contribution is 5.89. The van der Waals surface area contributed by atoms with Gasteiger partial charge >= 0.3 is 6.03 Å². The fourth-order valence-electron chi connectivity index (χ4n) is 4.05. The summed E-state index contributed by atoms with van der Waals surface area (Å²) in [5.74, 6) is 1.85. The third-order valence-corrected chi connectivity index (χ3v) is 5.80. The molecule has 150 valence electrons. The Morgan fingerprint density at radius 2 is 1.89 bits per heavy atom. The fraction of sp³-hybridized carbons (Fsp3) is 0.524. The van der Waals surface area contributed by atoms with Gasteiger partial charge in [0.05, 0.1) is 12.1 Å². The van der Waals surface area contributed by atoms with Gasteiger partial charge in [0, 0.05) is 44.8 Å². The molecule has 0 radical (unpaired) electrons. The van der Waals surface area contributed by atoms with Crippen molar-refractivity contribution in [1.82, 2.24) is 19.4 Å². The van der Waals surface area contributed by atoms with Crippen LogP contribution in [0.4, 0.5) is 10.5 Å². The summed E-state index contributed by atoms with van der Waals surface area (Å²) in [5, 5.41) is 3.01. The summed E-state index contributed by atoms with van der Waals surface area (Å²) in [6.07, 6.45) is 8.87. The number of carbonyl (C=O) groups is 1. The zero-order valence-corrected chi connectivity index (χ0v) is 16.7. The second-order valence-electron chi connectivity index (χ2n) is 7.82. The molecule has 4 rings (SSSR count). The first-order valence-electron chi connectivity index (χ1n) is 10.1. The number of aryl methyl sites for hydroxylation is 1. The van der Waals surface area contributed by atoms with Crippen molar-refractivity contribution in [1.29, 1.82) is 0 Å². The Morgan fingerprint density at radius 1 is 1.14 bits per heavy atom. The molecule has 2 aliphatic rings. The van der Waals surface area contributed by atoms with Gasteiger partial charge in [-0.2, -0.15) is 0 Å². The zero-order valence-electron chi connectivity index (χ0n) is 16.7. The molecule has 1 aromatic carbocycles. The van der Waals surface area contributed by atoms with Gasteiger partial charge in [0.25, 0.3) is 0 Å². The molecule has 2 amide bonds. The Labute approximate surface area is 166 Å². The van der Waals surface area contributed by atoms with Crippen molar-refractivity contribution < 1.29 is 9.53 Å². The molecule has 1 saturated carbocycles. The van der Waals surface area contributed by atoms with E-state index in [9.17, 15) is 4.79 Å². The van der Waals surface area contributed by atoms with Gasteiger partial charge in [-0.05, 0) is 57.0 Å². The van der Waals surface area contributed by atoms with Gasteiger partial charge < -0.3 is 19.5 Å². The average Bonchev–Trinajstić information content (AvgIpc) is 3.35. The smallest absolute Gasteiger partial charge is 0.321 e. The van der Waals surface area contributed by atoms with Crippen molar-refractivity contribution in [3.8, 4) is 5.75 Å². The minimum Gasteiger partial charge on any atom is -0.490 e. The van der Waals surface area contributed by atoms with Crippen LogP contribution in [0.25, 0.3) is 0 Å². The molecular weight excluding hydrogens is 354 g/mol. The number of nitrogens with one attached hydrogen (secondary N) is 1. The van der Waals surface area contributed by atoms with Gasteiger partial charge in [0.1, 0.15) is 11.6 Å². The molecule has 28 heavy (non-hydrogen) atoms. The summed E-state index contributed by atoms with van der Waals surface area (Å²) >= 11 is 0. The Kier molecular flexibility index (Phi) is 5.52. The molecule has 1 aliphatic heterocycles. The lowest BCUT2D eigenvalue weighted by atomic mass is 10.1. The van der Waals surface area contributed by atoms with Crippen molar-refractivity contribution in [2.24, 2.45) is 7.05 Å². The Bertz CT molecular complexity index is 797. The number of hydrogen-bond acceptors (Lipinski definition) is 4. The molecule has 0 spiro atoms. The molecule has 1 aliphatic carbocycles. The number of piperazine rings is 1. The first kappa shape index (κ1) is 18.8. The van der Waals surface area contributed by atoms with Crippen LogP contribution in [0.2, 0.25) is 0 Å². The van der Waals surface area contributed by atoms with E-state index >= 15 is 0 Å². The van der Waals surface area contributed by atoms with E-state index in [1.807, 2.05) is 47.0 Å². The average molecular weight is 383 g/mol. The molecule has 1 aromatic heterocycles. The van der Waals surface area contributed by atoms with E-state index < -0.39 is 0 Å². The van der Waals surface area contributed by atoms with Gasteiger partial charge in [-0.15, -0.1) is 0 Å². The first-order valence-corrected chi connectivity index (χ1v) is 10.1. The summed E-state index contributed by atoms with van der Waals surface area (Å²) in [6.45, 7) is 2.14. The van der Waals surface area contributed by atoms with Crippen LogP contribution >= 0.6 is 0 Å². The number of likely N-dealkylation sites (N-methyl/N-ethyl adjacent to an activating group) is 1. The van der Waals surface area contributed by atoms with Crippen LogP contribution in [0.15, 0.2) is 36.7 Å². The van der Waals surface area contributed by atoms with Gasteiger partial charge in [0.2, 0.25) is 0 Å². The number of rotatable bonds is 4. The maximum Gasteiger partial charge on any atom is 0.321 e. The normalized spacial score (nSPS) is 21.1. The summed E-state index contributed by atoms with van der Waals surface area (Å²) in [5.41, 5.74) is 0.788. The summed E-state index contributed by atoms with van der Waals surface area (Å²) in [4.78, 5) is 21.4. The minimum atomic E-state index is -0.0724. The van der Waals surface area contributed by atoms with E-state index in [0.29, 0.717) is 19.2 Å². The lowest BCUT2D eigenvalue weighted by Crippen LogP contribution is -2.50. The van der Waals surface area contributed by atoms with Crippen LogP contribution in [0, 0.1) is 0 Å². The minimum absolute atomic E-state index is 0.0724. The highest BCUT2D eigenvalue weighted by Gasteiger charge is 2.30. The third kappa shape index (κ3) is 4.14. The first-order chi connectivity index (χ1) is 13.6. The predicted molar refractivity (Wildman–Crippen MR) is 108 cm³/mol. The second-order valence-corrected chi connectivity index (χ2v) is 7.82. The Hall–Kier alpha value is -2.54. The number of aromatic nitrogens is 2. The molecule has 7 nitrogen and oxygen atoms in total. The van der Waals surface area contributed by atoms with Crippen LogP contribution in [0.5, 0.6) is 5.75 Å². The van der Waals surface area contributed by atoms with Gasteiger partial charge in [0.15, 0.2) is 0 Å². The van der Waals surface area contributed by atoms with Crippen molar-refractivity contribution in [3.63, 3.8) is 0 Å². The maximum absolute atomic E-state index is 12.8. The molecule has 1 atom stereocenters. The third-order valence-electron chi connectivity index (χ3n) is 5.80. The standard InChI is InChI=1S/C21H29N5O2/c1-24-13-14-26(15-19(24)20-22-11-12-25(20)2)21(27)23-16-7-9-18(10-8-16)28-17-5-3-4-6-17/h7-12,17,19H,3-6,13-15H2,1-2H3,(H,23,27). The second kappa shape index (κ2) is 8.22. The number of benzene rings is 1. The van der Waals surface area contributed by atoms with Crippen LogP contribution in [0.3, 0.4) is 0 Å². The number of anilines is 1. The van der Waals surface area contributed by atoms with E-state index in [4.69, 9.17) is 4.74 Å². The number of carbonyl (C=O) groups excluding carboxylic acids is 1. The van der Waals surface area contributed by atoms with E-state index in [2.05, 4.69) is 22.2 Å². The van der Waals surface area contributed by atoms with Crippen LogP contribution in [-0.2, 0) is 7.05 Å². The highest BCUT2D eigenvalue weighted by Crippen LogP contribution is 2.26. The van der Waals surface area contributed by atoms with Gasteiger partial charge in [-0.25, -0.2) is 9.78 Å². The maximum atomic E-state index is 12.8. The zero-order chi connectivity index (χ0) is 19.5.